The number of benzene rings is 2. The van der Waals surface area contributed by atoms with Gasteiger partial charge in [0.15, 0.2) is 22.8 Å². The standard InChI is InChI=1S/C20H18O8/c1-10(21)28-16-8-15(25-3)17-18(23)12(9-27-20(17)19(16)26-4)11-5-6-13(22)14(7-11)24-2/h5-9,22H,1-4H3. The minimum Gasteiger partial charge on any atom is -0.504 e. The normalized spacial score (nSPS) is 10.6. The Bertz CT molecular complexity index is 1110. The smallest absolute Gasteiger partial charge is 0.308 e. The molecule has 0 amide bonds. The Balaban J connectivity index is 2.32. The molecule has 1 N–H and O–H groups in total. The number of phenolic OH excluding ortho intramolecular Hbond substituents is 1. The first-order valence-corrected chi connectivity index (χ1v) is 8.17. The number of rotatable bonds is 5. The molecule has 0 saturated carbocycles. The van der Waals surface area contributed by atoms with Crippen LogP contribution in [0.1, 0.15) is 6.92 Å². The first-order valence-electron chi connectivity index (χ1n) is 8.17. The zero-order chi connectivity index (χ0) is 20.4. The summed E-state index contributed by atoms with van der Waals surface area (Å²) in [6, 6.07) is 5.89. The first kappa shape index (κ1) is 19.1. The van der Waals surface area contributed by atoms with Crippen molar-refractivity contribution in [2.75, 3.05) is 21.3 Å². The lowest BCUT2D eigenvalue weighted by Crippen LogP contribution is -2.09. The summed E-state index contributed by atoms with van der Waals surface area (Å²) in [5, 5.41) is 9.90. The van der Waals surface area contributed by atoms with E-state index in [0.29, 0.717) is 5.56 Å². The summed E-state index contributed by atoms with van der Waals surface area (Å²) >= 11 is 0. The van der Waals surface area contributed by atoms with E-state index in [4.69, 9.17) is 23.4 Å². The van der Waals surface area contributed by atoms with E-state index in [1.165, 1.54) is 52.7 Å². The van der Waals surface area contributed by atoms with E-state index in [9.17, 15) is 14.7 Å². The Morgan fingerprint density at radius 2 is 1.71 bits per heavy atom. The van der Waals surface area contributed by atoms with Gasteiger partial charge in [-0.05, 0) is 17.7 Å². The molecule has 0 bridgehead atoms. The van der Waals surface area contributed by atoms with Gasteiger partial charge in [0.2, 0.25) is 11.2 Å². The molecule has 2 aromatic carbocycles. The molecule has 8 heteroatoms. The lowest BCUT2D eigenvalue weighted by Gasteiger charge is -2.14. The monoisotopic (exact) mass is 386 g/mol. The molecular formula is C20H18O8. The van der Waals surface area contributed by atoms with Crippen molar-refractivity contribution in [1.82, 2.24) is 0 Å². The van der Waals surface area contributed by atoms with Gasteiger partial charge in [0.05, 0.1) is 26.9 Å². The number of esters is 1. The minimum absolute atomic E-state index is 0.0540. The Labute approximate surface area is 159 Å². The molecule has 1 heterocycles. The number of phenols is 1. The van der Waals surface area contributed by atoms with Crippen molar-refractivity contribution in [2.24, 2.45) is 0 Å². The van der Waals surface area contributed by atoms with Crippen LogP contribution in [0.5, 0.6) is 28.7 Å². The third kappa shape index (κ3) is 3.20. The van der Waals surface area contributed by atoms with Crippen LogP contribution in [0.15, 0.2) is 39.7 Å². The number of hydrogen-bond acceptors (Lipinski definition) is 8. The largest absolute Gasteiger partial charge is 0.504 e. The fourth-order valence-electron chi connectivity index (χ4n) is 2.86. The van der Waals surface area contributed by atoms with Gasteiger partial charge in [-0.25, -0.2) is 0 Å². The summed E-state index contributed by atoms with van der Waals surface area (Å²) in [7, 11) is 4.16. The molecule has 3 rings (SSSR count). The van der Waals surface area contributed by atoms with Gasteiger partial charge in [0.25, 0.3) is 0 Å². The summed E-state index contributed by atoms with van der Waals surface area (Å²) in [6.07, 6.45) is 1.26. The molecule has 1 aromatic heterocycles. The molecule has 0 fully saturated rings. The number of aromatic hydroxyl groups is 1. The predicted molar refractivity (Wildman–Crippen MR) is 101 cm³/mol. The summed E-state index contributed by atoms with van der Waals surface area (Å²) in [5.74, 6) is -0.0730. The van der Waals surface area contributed by atoms with Gasteiger partial charge < -0.3 is 28.5 Å². The van der Waals surface area contributed by atoms with Crippen molar-refractivity contribution in [1.29, 1.82) is 0 Å². The van der Waals surface area contributed by atoms with Gasteiger partial charge in [0.1, 0.15) is 17.4 Å². The van der Waals surface area contributed by atoms with Crippen LogP contribution in [0, 0.1) is 0 Å². The van der Waals surface area contributed by atoms with E-state index >= 15 is 0 Å². The SMILES string of the molecule is COc1cc(-c2coc3c(OC)c(OC(C)=O)cc(OC)c3c2=O)ccc1O. The second-order valence-corrected chi connectivity index (χ2v) is 5.77. The van der Waals surface area contributed by atoms with Gasteiger partial charge in [0, 0.05) is 13.0 Å². The molecule has 0 saturated heterocycles. The lowest BCUT2D eigenvalue weighted by atomic mass is 10.0. The molecule has 0 atom stereocenters. The van der Waals surface area contributed by atoms with E-state index < -0.39 is 11.4 Å². The predicted octanol–water partition coefficient (Wildman–Crippen LogP) is 3.12. The van der Waals surface area contributed by atoms with Crippen molar-refractivity contribution in [3.05, 3.63) is 40.8 Å². The first-order chi connectivity index (χ1) is 13.4. The Morgan fingerprint density at radius 3 is 2.32 bits per heavy atom. The molecule has 0 aliphatic carbocycles. The molecule has 0 aliphatic heterocycles. The highest BCUT2D eigenvalue weighted by atomic mass is 16.6. The third-order valence-corrected chi connectivity index (χ3v) is 4.10. The fraction of sp³-hybridized carbons (Fsp3) is 0.200. The maximum atomic E-state index is 13.2. The number of ether oxygens (including phenoxy) is 4. The average Bonchev–Trinajstić information content (AvgIpc) is 2.67. The highest BCUT2D eigenvalue weighted by Gasteiger charge is 2.22. The summed E-state index contributed by atoms with van der Waals surface area (Å²) < 4.78 is 26.5. The van der Waals surface area contributed by atoms with Crippen LogP contribution in [-0.4, -0.2) is 32.4 Å². The molecule has 146 valence electrons. The van der Waals surface area contributed by atoms with Crippen molar-refractivity contribution < 1.29 is 33.3 Å². The molecule has 0 radical (unpaired) electrons. The van der Waals surface area contributed by atoms with Crippen molar-refractivity contribution in [3.63, 3.8) is 0 Å². The summed E-state index contributed by atoms with van der Waals surface area (Å²) in [6.45, 7) is 1.24. The van der Waals surface area contributed by atoms with Crippen LogP contribution >= 0.6 is 0 Å². The number of hydrogen-bond donors (Lipinski definition) is 1. The molecule has 0 aliphatic rings. The fourth-order valence-corrected chi connectivity index (χ4v) is 2.86. The molecule has 28 heavy (non-hydrogen) atoms. The van der Waals surface area contributed by atoms with E-state index in [2.05, 4.69) is 0 Å². The highest BCUT2D eigenvalue weighted by Crippen LogP contribution is 2.41. The van der Waals surface area contributed by atoms with E-state index in [1.54, 1.807) is 6.07 Å². The van der Waals surface area contributed by atoms with Gasteiger partial charge in [-0.2, -0.15) is 0 Å². The zero-order valence-electron chi connectivity index (χ0n) is 15.7. The number of carbonyl (C=O) groups excluding carboxylic acids is 1. The van der Waals surface area contributed by atoms with Crippen molar-refractivity contribution >= 4 is 16.9 Å². The maximum absolute atomic E-state index is 13.2. The Morgan fingerprint density at radius 1 is 1.00 bits per heavy atom. The van der Waals surface area contributed by atoms with Crippen LogP contribution in [-0.2, 0) is 4.79 Å². The van der Waals surface area contributed by atoms with Crippen molar-refractivity contribution in [2.45, 2.75) is 6.92 Å². The highest BCUT2D eigenvalue weighted by molar-refractivity contribution is 5.94. The maximum Gasteiger partial charge on any atom is 0.308 e. The second-order valence-electron chi connectivity index (χ2n) is 5.77. The van der Waals surface area contributed by atoms with Crippen LogP contribution in [0.3, 0.4) is 0 Å². The minimum atomic E-state index is -0.560. The quantitative estimate of drug-likeness (QED) is 0.527. The van der Waals surface area contributed by atoms with E-state index in [0.717, 1.165) is 0 Å². The topological polar surface area (TPSA) is 104 Å². The van der Waals surface area contributed by atoms with Gasteiger partial charge >= 0.3 is 5.97 Å². The Kier molecular flexibility index (Phi) is 5.12. The molecule has 0 spiro atoms. The van der Waals surface area contributed by atoms with E-state index in [-0.39, 0.29) is 45.3 Å². The average molecular weight is 386 g/mol. The third-order valence-electron chi connectivity index (χ3n) is 4.10. The van der Waals surface area contributed by atoms with E-state index in [1.807, 2.05) is 0 Å². The van der Waals surface area contributed by atoms with Crippen LogP contribution in [0.4, 0.5) is 0 Å². The lowest BCUT2D eigenvalue weighted by molar-refractivity contribution is -0.132. The molecule has 3 aromatic rings. The van der Waals surface area contributed by atoms with Crippen molar-refractivity contribution in [3.8, 4) is 39.9 Å². The number of methoxy groups -OCH3 is 3. The number of fused-ring (bicyclic) bond motifs is 1. The molecule has 0 unspecified atom stereocenters. The summed E-state index contributed by atoms with van der Waals surface area (Å²) in [4.78, 5) is 24.6. The van der Waals surface area contributed by atoms with Gasteiger partial charge in [-0.1, -0.05) is 6.07 Å². The van der Waals surface area contributed by atoms with Crippen LogP contribution in [0.25, 0.3) is 22.1 Å². The molecular weight excluding hydrogens is 368 g/mol. The van der Waals surface area contributed by atoms with Gasteiger partial charge in [-0.15, -0.1) is 0 Å². The zero-order valence-corrected chi connectivity index (χ0v) is 15.7. The second kappa shape index (κ2) is 7.51. The van der Waals surface area contributed by atoms with Crippen LogP contribution < -0.4 is 24.4 Å². The van der Waals surface area contributed by atoms with Crippen LogP contribution in [0.2, 0.25) is 0 Å². The Hall–Kier alpha value is -3.68. The molecule has 8 nitrogen and oxygen atoms in total. The number of carbonyl (C=O) groups is 1. The van der Waals surface area contributed by atoms with Gasteiger partial charge in [-0.3, -0.25) is 9.59 Å². The summed E-state index contributed by atoms with van der Waals surface area (Å²) in [5.41, 5.74) is 0.401.